The standard InChI is InChI=1S/C23H32N4/c1-19-7-3-4-9-23(19)26-15-16-27(20(2)17-26)22-10-13-25(14-11-22)18-21-8-5-6-12-24-21/h3-9,12,20,22H,10-11,13-18H2,1-2H3. The van der Waals surface area contributed by atoms with Gasteiger partial charge in [-0.1, -0.05) is 24.3 Å². The van der Waals surface area contributed by atoms with Crippen molar-refractivity contribution < 1.29 is 0 Å². The molecular weight excluding hydrogens is 332 g/mol. The Hall–Kier alpha value is -1.91. The number of piperazine rings is 1. The molecule has 2 fully saturated rings. The van der Waals surface area contributed by atoms with Crippen LogP contribution in [0.25, 0.3) is 0 Å². The fourth-order valence-corrected chi connectivity index (χ4v) is 4.78. The van der Waals surface area contributed by atoms with E-state index in [2.05, 4.69) is 69.9 Å². The van der Waals surface area contributed by atoms with Crippen molar-refractivity contribution in [2.45, 2.75) is 45.3 Å². The summed E-state index contributed by atoms with van der Waals surface area (Å²) < 4.78 is 0. The highest BCUT2D eigenvalue weighted by atomic mass is 15.3. The predicted molar refractivity (Wildman–Crippen MR) is 112 cm³/mol. The number of benzene rings is 1. The molecule has 0 aliphatic carbocycles. The summed E-state index contributed by atoms with van der Waals surface area (Å²) in [5.41, 5.74) is 3.99. The van der Waals surface area contributed by atoms with Gasteiger partial charge >= 0.3 is 0 Å². The van der Waals surface area contributed by atoms with Crippen LogP contribution in [0.5, 0.6) is 0 Å². The second kappa shape index (κ2) is 8.41. The van der Waals surface area contributed by atoms with Crippen molar-refractivity contribution in [3.8, 4) is 0 Å². The molecule has 0 amide bonds. The van der Waals surface area contributed by atoms with Crippen LogP contribution in [0.2, 0.25) is 0 Å². The lowest BCUT2D eigenvalue weighted by Gasteiger charge is -2.47. The predicted octanol–water partition coefficient (Wildman–Crippen LogP) is 3.57. The Morgan fingerprint density at radius 1 is 0.963 bits per heavy atom. The number of hydrogen-bond donors (Lipinski definition) is 0. The maximum Gasteiger partial charge on any atom is 0.0543 e. The monoisotopic (exact) mass is 364 g/mol. The largest absolute Gasteiger partial charge is 0.368 e. The van der Waals surface area contributed by atoms with E-state index in [1.165, 1.54) is 49.4 Å². The number of anilines is 1. The topological polar surface area (TPSA) is 22.6 Å². The van der Waals surface area contributed by atoms with Crippen molar-refractivity contribution in [1.29, 1.82) is 0 Å². The van der Waals surface area contributed by atoms with Gasteiger partial charge < -0.3 is 4.90 Å². The quantitative estimate of drug-likeness (QED) is 0.827. The number of piperidine rings is 1. The third-order valence-corrected chi connectivity index (χ3v) is 6.27. The number of pyridine rings is 1. The van der Waals surface area contributed by atoms with Crippen LogP contribution in [-0.4, -0.2) is 59.6 Å². The lowest BCUT2D eigenvalue weighted by molar-refractivity contribution is 0.0688. The zero-order valence-electron chi connectivity index (χ0n) is 16.7. The van der Waals surface area contributed by atoms with Gasteiger partial charge in [-0.3, -0.25) is 14.8 Å². The molecule has 2 saturated heterocycles. The summed E-state index contributed by atoms with van der Waals surface area (Å²) in [5.74, 6) is 0. The summed E-state index contributed by atoms with van der Waals surface area (Å²) in [6, 6.07) is 16.4. The number of nitrogens with zero attached hydrogens (tertiary/aromatic N) is 4. The summed E-state index contributed by atoms with van der Waals surface area (Å²) in [6.45, 7) is 11.5. The molecule has 0 saturated carbocycles. The first-order valence-corrected chi connectivity index (χ1v) is 10.4. The molecule has 1 aromatic carbocycles. The highest BCUT2D eigenvalue weighted by Gasteiger charge is 2.32. The third-order valence-electron chi connectivity index (χ3n) is 6.27. The van der Waals surface area contributed by atoms with E-state index in [0.717, 1.165) is 25.7 Å². The molecule has 0 spiro atoms. The Morgan fingerprint density at radius 3 is 2.44 bits per heavy atom. The van der Waals surface area contributed by atoms with E-state index >= 15 is 0 Å². The minimum absolute atomic E-state index is 0.616. The molecule has 0 radical (unpaired) electrons. The molecule has 3 heterocycles. The smallest absolute Gasteiger partial charge is 0.0543 e. The van der Waals surface area contributed by atoms with E-state index < -0.39 is 0 Å². The van der Waals surface area contributed by atoms with E-state index in [9.17, 15) is 0 Å². The Morgan fingerprint density at radius 2 is 1.74 bits per heavy atom. The number of aryl methyl sites for hydroxylation is 1. The van der Waals surface area contributed by atoms with Gasteiger partial charge in [-0.2, -0.15) is 0 Å². The zero-order valence-corrected chi connectivity index (χ0v) is 16.7. The van der Waals surface area contributed by atoms with E-state index in [1.54, 1.807) is 0 Å². The first kappa shape index (κ1) is 18.5. The summed E-state index contributed by atoms with van der Waals surface area (Å²) in [7, 11) is 0. The van der Waals surface area contributed by atoms with E-state index in [-0.39, 0.29) is 0 Å². The van der Waals surface area contributed by atoms with Crippen molar-refractivity contribution in [3.63, 3.8) is 0 Å². The maximum atomic E-state index is 4.48. The molecule has 1 unspecified atom stereocenters. The Bertz CT molecular complexity index is 724. The maximum absolute atomic E-state index is 4.48. The lowest BCUT2D eigenvalue weighted by atomic mass is 9.99. The fourth-order valence-electron chi connectivity index (χ4n) is 4.78. The van der Waals surface area contributed by atoms with Crippen LogP contribution in [0.4, 0.5) is 5.69 Å². The first-order valence-electron chi connectivity index (χ1n) is 10.4. The van der Waals surface area contributed by atoms with Gasteiger partial charge in [0.1, 0.15) is 0 Å². The summed E-state index contributed by atoms with van der Waals surface area (Å²) >= 11 is 0. The number of rotatable bonds is 4. The average molecular weight is 365 g/mol. The summed E-state index contributed by atoms with van der Waals surface area (Å²) in [5, 5.41) is 0. The number of aromatic nitrogens is 1. The van der Waals surface area contributed by atoms with Gasteiger partial charge in [-0.15, -0.1) is 0 Å². The second-order valence-electron chi connectivity index (χ2n) is 8.15. The molecule has 2 aliphatic rings. The van der Waals surface area contributed by atoms with Gasteiger partial charge in [-0.05, 0) is 50.5 Å². The molecule has 0 bridgehead atoms. The third kappa shape index (κ3) is 4.33. The molecule has 2 aromatic rings. The molecule has 144 valence electrons. The number of likely N-dealkylation sites (tertiary alicyclic amines) is 1. The lowest BCUT2D eigenvalue weighted by Crippen LogP contribution is -2.57. The normalized spacial score (nSPS) is 22.9. The highest BCUT2D eigenvalue weighted by Crippen LogP contribution is 2.26. The molecule has 1 atom stereocenters. The Kier molecular flexibility index (Phi) is 5.74. The van der Waals surface area contributed by atoms with Crippen LogP contribution in [0.1, 0.15) is 31.0 Å². The molecule has 4 rings (SSSR count). The summed E-state index contributed by atoms with van der Waals surface area (Å²) in [4.78, 5) is 12.4. The molecule has 27 heavy (non-hydrogen) atoms. The van der Waals surface area contributed by atoms with Crippen LogP contribution in [-0.2, 0) is 6.54 Å². The Balaban J connectivity index is 1.30. The van der Waals surface area contributed by atoms with E-state index in [4.69, 9.17) is 0 Å². The molecule has 4 heteroatoms. The average Bonchev–Trinajstić information content (AvgIpc) is 2.70. The van der Waals surface area contributed by atoms with Crippen molar-refractivity contribution in [3.05, 3.63) is 59.9 Å². The van der Waals surface area contributed by atoms with Crippen LogP contribution in [0.3, 0.4) is 0 Å². The molecular formula is C23H32N4. The number of hydrogen-bond acceptors (Lipinski definition) is 4. The van der Waals surface area contributed by atoms with E-state index in [1.807, 2.05) is 12.3 Å². The van der Waals surface area contributed by atoms with Crippen LogP contribution < -0.4 is 4.90 Å². The van der Waals surface area contributed by atoms with Gasteiger partial charge in [0.05, 0.1) is 5.69 Å². The molecule has 4 nitrogen and oxygen atoms in total. The van der Waals surface area contributed by atoms with Gasteiger partial charge in [0.25, 0.3) is 0 Å². The van der Waals surface area contributed by atoms with Gasteiger partial charge in [0.15, 0.2) is 0 Å². The van der Waals surface area contributed by atoms with E-state index in [0.29, 0.717) is 6.04 Å². The highest BCUT2D eigenvalue weighted by molar-refractivity contribution is 5.53. The Labute approximate surface area is 163 Å². The van der Waals surface area contributed by atoms with Crippen molar-refractivity contribution >= 4 is 5.69 Å². The number of para-hydroxylation sites is 1. The zero-order chi connectivity index (χ0) is 18.6. The van der Waals surface area contributed by atoms with Crippen molar-refractivity contribution in [2.75, 3.05) is 37.6 Å². The van der Waals surface area contributed by atoms with Gasteiger partial charge in [-0.25, -0.2) is 0 Å². The fraction of sp³-hybridized carbons (Fsp3) is 0.522. The SMILES string of the molecule is Cc1ccccc1N1CCN(C2CCN(Cc3ccccn3)CC2)C(C)C1. The molecule has 0 N–H and O–H groups in total. The minimum atomic E-state index is 0.616. The minimum Gasteiger partial charge on any atom is -0.368 e. The van der Waals surface area contributed by atoms with Gasteiger partial charge in [0.2, 0.25) is 0 Å². The van der Waals surface area contributed by atoms with Crippen LogP contribution in [0.15, 0.2) is 48.7 Å². The van der Waals surface area contributed by atoms with Crippen LogP contribution in [0, 0.1) is 6.92 Å². The van der Waals surface area contributed by atoms with Crippen molar-refractivity contribution in [2.24, 2.45) is 0 Å². The van der Waals surface area contributed by atoms with Gasteiger partial charge in [0, 0.05) is 63.2 Å². The van der Waals surface area contributed by atoms with Crippen molar-refractivity contribution in [1.82, 2.24) is 14.8 Å². The first-order chi connectivity index (χ1) is 13.2. The van der Waals surface area contributed by atoms with Crippen LogP contribution >= 0.6 is 0 Å². The molecule has 2 aliphatic heterocycles. The second-order valence-corrected chi connectivity index (χ2v) is 8.15. The summed E-state index contributed by atoms with van der Waals surface area (Å²) in [6.07, 6.45) is 4.46. The molecule has 1 aromatic heterocycles.